The second-order valence-corrected chi connectivity index (χ2v) is 5.68. The molecule has 1 aliphatic rings. The zero-order chi connectivity index (χ0) is 16.6. The summed E-state index contributed by atoms with van der Waals surface area (Å²) < 4.78 is 1.21. The minimum absolute atomic E-state index is 0.0155. The molecule has 120 valence electrons. The number of nitrogens with zero attached hydrogens (tertiary/aromatic N) is 3. The lowest BCUT2D eigenvalue weighted by molar-refractivity contribution is -0.148. The maximum absolute atomic E-state index is 12.5. The van der Waals surface area contributed by atoms with Crippen molar-refractivity contribution < 1.29 is 14.7 Å². The Morgan fingerprint density at radius 1 is 1.30 bits per heavy atom. The molecule has 23 heavy (non-hydrogen) atoms. The highest BCUT2D eigenvalue weighted by molar-refractivity contribution is 5.90. The van der Waals surface area contributed by atoms with Crippen LogP contribution >= 0.6 is 0 Å². The van der Waals surface area contributed by atoms with E-state index in [0.29, 0.717) is 35.9 Å². The summed E-state index contributed by atoms with van der Waals surface area (Å²) in [6, 6.07) is 6.24. The highest BCUT2D eigenvalue weighted by Gasteiger charge is 2.34. The smallest absolute Gasteiger partial charge is 0.326 e. The van der Waals surface area contributed by atoms with Crippen molar-refractivity contribution in [3.8, 4) is 0 Å². The fraction of sp³-hybridized carbons (Fsp3) is 0.375. The minimum atomic E-state index is -0.978. The van der Waals surface area contributed by atoms with E-state index in [9.17, 15) is 19.5 Å². The van der Waals surface area contributed by atoms with Crippen LogP contribution in [0.25, 0.3) is 10.8 Å². The van der Waals surface area contributed by atoms with E-state index < -0.39 is 12.0 Å². The summed E-state index contributed by atoms with van der Waals surface area (Å²) in [7, 11) is 1.54. The third kappa shape index (κ3) is 2.69. The maximum atomic E-state index is 12.5. The van der Waals surface area contributed by atoms with Gasteiger partial charge in [0.05, 0.1) is 17.5 Å². The lowest BCUT2D eigenvalue weighted by Crippen LogP contribution is -2.41. The van der Waals surface area contributed by atoms with E-state index in [1.165, 1.54) is 9.58 Å². The Morgan fingerprint density at radius 3 is 2.70 bits per heavy atom. The predicted molar refractivity (Wildman–Crippen MR) is 83.1 cm³/mol. The van der Waals surface area contributed by atoms with Crippen LogP contribution in [0.1, 0.15) is 18.5 Å². The number of benzene rings is 1. The molecule has 0 saturated carbocycles. The molecule has 2 heterocycles. The van der Waals surface area contributed by atoms with E-state index in [-0.39, 0.29) is 17.9 Å². The molecule has 2 aromatic rings. The van der Waals surface area contributed by atoms with E-state index in [0.717, 1.165) is 0 Å². The molecular formula is C16H17N3O4. The number of carboxylic acid groups (broad SMARTS) is 1. The summed E-state index contributed by atoms with van der Waals surface area (Å²) in [4.78, 5) is 37.2. The third-order valence-corrected chi connectivity index (χ3v) is 4.21. The highest BCUT2D eigenvalue weighted by Crippen LogP contribution is 2.20. The summed E-state index contributed by atoms with van der Waals surface area (Å²) in [5.74, 6) is -1.25. The molecule has 0 aliphatic carbocycles. The number of rotatable bonds is 3. The van der Waals surface area contributed by atoms with Gasteiger partial charge in [-0.15, -0.1) is 0 Å². The fourth-order valence-electron chi connectivity index (χ4n) is 3.07. The molecule has 0 spiro atoms. The topological polar surface area (TPSA) is 92.5 Å². The van der Waals surface area contributed by atoms with Gasteiger partial charge < -0.3 is 10.0 Å². The van der Waals surface area contributed by atoms with Crippen LogP contribution in [-0.2, 0) is 23.1 Å². The second-order valence-electron chi connectivity index (χ2n) is 5.68. The number of amides is 1. The SMILES string of the molecule is Cn1nc(CC(=O)N2CCC[C@H]2C(=O)O)c2ccccc2c1=O. The van der Waals surface area contributed by atoms with E-state index >= 15 is 0 Å². The van der Waals surface area contributed by atoms with Crippen molar-refractivity contribution in [3.05, 3.63) is 40.3 Å². The largest absolute Gasteiger partial charge is 0.480 e. The van der Waals surface area contributed by atoms with Crippen molar-refractivity contribution in [2.24, 2.45) is 7.05 Å². The first-order valence-electron chi connectivity index (χ1n) is 7.46. The van der Waals surface area contributed by atoms with Gasteiger partial charge in [-0.1, -0.05) is 18.2 Å². The van der Waals surface area contributed by atoms with E-state index in [1.807, 2.05) is 0 Å². The van der Waals surface area contributed by atoms with Gasteiger partial charge in [0, 0.05) is 19.0 Å². The van der Waals surface area contributed by atoms with Crippen molar-refractivity contribution >= 4 is 22.6 Å². The first-order valence-corrected chi connectivity index (χ1v) is 7.46. The number of carbonyl (C=O) groups excluding carboxylic acids is 1. The highest BCUT2D eigenvalue weighted by atomic mass is 16.4. The average Bonchev–Trinajstić information content (AvgIpc) is 3.02. The molecule has 1 N–H and O–H groups in total. The Bertz CT molecular complexity index is 843. The molecule has 1 fully saturated rings. The monoisotopic (exact) mass is 315 g/mol. The fourth-order valence-corrected chi connectivity index (χ4v) is 3.07. The normalized spacial score (nSPS) is 17.6. The van der Waals surface area contributed by atoms with Crippen molar-refractivity contribution in [2.45, 2.75) is 25.3 Å². The summed E-state index contributed by atoms with van der Waals surface area (Å²) in [5, 5.41) is 14.5. The van der Waals surface area contributed by atoms with Crippen molar-refractivity contribution in [2.75, 3.05) is 6.54 Å². The molecule has 0 radical (unpaired) electrons. The number of aromatic nitrogens is 2. The van der Waals surface area contributed by atoms with Crippen LogP contribution in [0.2, 0.25) is 0 Å². The number of carbonyl (C=O) groups is 2. The van der Waals surface area contributed by atoms with E-state index in [4.69, 9.17) is 0 Å². The van der Waals surface area contributed by atoms with Gasteiger partial charge in [-0.25, -0.2) is 9.48 Å². The van der Waals surface area contributed by atoms with Crippen LogP contribution in [0.15, 0.2) is 29.1 Å². The molecule has 1 aromatic heterocycles. The molecule has 0 bridgehead atoms. The Labute approximate surface area is 132 Å². The summed E-state index contributed by atoms with van der Waals surface area (Å²) in [5.41, 5.74) is 0.269. The number of likely N-dealkylation sites (tertiary alicyclic amines) is 1. The quantitative estimate of drug-likeness (QED) is 0.893. The molecule has 7 nitrogen and oxygen atoms in total. The van der Waals surface area contributed by atoms with Gasteiger partial charge in [0.1, 0.15) is 6.04 Å². The molecule has 3 rings (SSSR count). The number of aryl methyl sites for hydroxylation is 1. The third-order valence-electron chi connectivity index (χ3n) is 4.21. The Hall–Kier alpha value is -2.70. The Kier molecular flexibility index (Phi) is 3.85. The summed E-state index contributed by atoms with van der Waals surface area (Å²) in [6.45, 7) is 0.444. The number of hydrogen-bond donors (Lipinski definition) is 1. The first-order chi connectivity index (χ1) is 11.0. The molecule has 1 aliphatic heterocycles. The standard InChI is InChI=1S/C16H17N3O4/c1-18-15(21)11-6-3-2-5-10(11)12(17-18)9-14(20)19-8-4-7-13(19)16(22)23/h2-3,5-6,13H,4,7-9H2,1H3,(H,22,23)/t13-/m0/s1. The molecular weight excluding hydrogens is 298 g/mol. The first kappa shape index (κ1) is 15.2. The average molecular weight is 315 g/mol. The van der Waals surface area contributed by atoms with Crippen LogP contribution in [0.4, 0.5) is 0 Å². The molecule has 1 aromatic carbocycles. The molecule has 1 atom stereocenters. The molecule has 7 heteroatoms. The van der Waals surface area contributed by atoms with Gasteiger partial charge in [-0.2, -0.15) is 5.10 Å². The Balaban J connectivity index is 1.96. The van der Waals surface area contributed by atoms with Gasteiger partial charge in [0.25, 0.3) is 5.56 Å². The Morgan fingerprint density at radius 2 is 2.00 bits per heavy atom. The van der Waals surface area contributed by atoms with Gasteiger partial charge in [0.2, 0.25) is 5.91 Å². The summed E-state index contributed by atoms with van der Waals surface area (Å²) >= 11 is 0. The van der Waals surface area contributed by atoms with Crippen LogP contribution in [-0.4, -0.2) is 44.3 Å². The van der Waals surface area contributed by atoms with Crippen LogP contribution in [0.3, 0.4) is 0 Å². The number of hydrogen-bond acceptors (Lipinski definition) is 4. The van der Waals surface area contributed by atoms with Gasteiger partial charge in [-0.3, -0.25) is 9.59 Å². The minimum Gasteiger partial charge on any atom is -0.480 e. The zero-order valence-corrected chi connectivity index (χ0v) is 12.7. The lowest BCUT2D eigenvalue weighted by Gasteiger charge is -2.21. The molecule has 1 amide bonds. The summed E-state index contributed by atoms with van der Waals surface area (Å²) in [6.07, 6.45) is 1.14. The van der Waals surface area contributed by atoms with Crippen LogP contribution in [0, 0.1) is 0 Å². The number of fused-ring (bicyclic) bond motifs is 1. The molecule has 0 unspecified atom stereocenters. The molecule has 1 saturated heterocycles. The predicted octanol–water partition coefficient (Wildman–Crippen LogP) is 0.552. The van der Waals surface area contributed by atoms with Gasteiger partial charge in [0.15, 0.2) is 0 Å². The van der Waals surface area contributed by atoms with E-state index in [1.54, 1.807) is 31.3 Å². The van der Waals surface area contributed by atoms with Gasteiger partial charge >= 0.3 is 5.97 Å². The van der Waals surface area contributed by atoms with Crippen molar-refractivity contribution in [1.82, 2.24) is 14.7 Å². The van der Waals surface area contributed by atoms with Crippen molar-refractivity contribution in [1.29, 1.82) is 0 Å². The maximum Gasteiger partial charge on any atom is 0.326 e. The van der Waals surface area contributed by atoms with E-state index in [2.05, 4.69) is 5.10 Å². The lowest BCUT2D eigenvalue weighted by atomic mass is 10.1. The van der Waals surface area contributed by atoms with Crippen LogP contribution < -0.4 is 5.56 Å². The number of aliphatic carboxylic acids is 1. The second kappa shape index (κ2) is 5.83. The zero-order valence-electron chi connectivity index (χ0n) is 12.7. The van der Waals surface area contributed by atoms with Gasteiger partial charge in [-0.05, 0) is 18.9 Å². The number of carboxylic acids is 1. The van der Waals surface area contributed by atoms with Crippen molar-refractivity contribution in [3.63, 3.8) is 0 Å². The van der Waals surface area contributed by atoms with Crippen LogP contribution in [0.5, 0.6) is 0 Å².